The maximum absolute atomic E-state index is 14.1. The minimum absolute atomic E-state index is 0.0485. The van der Waals surface area contributed by atoms with Gasteiger partial charge in [-0.05, 0) is 177 Å². The topological polar surface area (TPSA) is 186 Å². The highest BCUT2D eigenvalue weighted by Gasteiger charge is 2.26. The van der Waals surface area contributed by atoms with Gasteiger partial charge in [-0.25, -0.2) is 43.8 Å². The predicted octanol–water partition coefficient (Wildman–Crippen LogP) is 22.5. The average Bonchev–Trinajstić information content (AvgIpc) is 1.56. The Labute approximate surface area is 654 Å². The average molecular weight is 1480 g/mol. The van der Waals surface area contributed by atoms with Crippen molar-refractivity contribution in [1.82, 2.24) is 24.1 Å². The van der Waals surface area contributed by atoms with E-state index in [1.165, 1.54) is 0 Å². The molecule has 0 atom stereocenters. The summed E-state index contributed by atoms with van der Waals surface area (Å²) in [5.74, 6) is -1.45. The Balaban J connectivity index is 0.876. The summed E-state index contributed by atoms with van der Waals surface area (Å²) in [5, 5.41) is 13.1. The first-order valence-corrected chi connectivity index (χ1v) is 36.6. The van der Waals surface area contributed by atoms with E-state index in [2.05, 4.69) is 24.9 Å². The molecule has 0 saturated heterocycles. The summed E-state index contributed by atoms with van der Waals surface area (Å²) in [7, 11) is 0. The number of carbonyl (C=O) groups excluding carboxylic acids is 4. The van der Waals surface area contributed by atoms with Crippen LogP contribution in [0.3, 0.4) is 0 Å². The Morgan fingerprint density at radius 2 is 0.640 bits per heavy atom. The van der Waals surface area contributed by atoms with Crippen LogP contribution in [0.4, 0.5) is 11.4 Å². The van der Waals surface area contributed by atoms with Gasteiger partial charge in [0.2, 0.25) is 0 Å². The molecule has 0 bridgehead atoms. The number of fused-ring (bicyclic) bond motifs is 6. The van der Waals surface area contributed by atoms with Gasteiger partial charge in [0.05, 0.1) is 69.1 Å². The van der Waals surface area contributed by atoms with E-state index in [-0.39, 0.29) is 66.2 Å². The monoisotopic (exact) mass is 1480 g/mol. The molecule has 3 aromatic heterocycles. The van der Waals surface area contributed by atoms with Crippen molar-refractivity contribution in [2.75, 3.05) is 0 Å². The van der Waals surface area contributed by atoms with Crippen LogP contribution in [0, 0.1) is 24.5 Å². The van der Waals surface area contributed by atoms with Gasteiger partial charge in [0.1, 0.15) is 26.4 Å². The van der Waals surface area contributed by atoms with Crippen LogP contribution < -0.4 is 0 Å². The Kier molecular flexibility index (Phi) is 19.5. The molecule has 16 heteroatoms. The molecule has 0 aliphatic carbocycles. The first-order valence-electron chi connectivity index (χ1n) is 36.6. The Bertz CT molecular complexity index is 6220. The molecular formula is C98H62N8O8. The minimum atomic E-state index is -0.542. The summed E-state index contributed by atoms with van der Waals surface area (Å²) in [6.45, 7) is 16.2. The van der Waals surface area contributed by atoms with Gasteiger partial charge in [-0.3, -0.25) is 0 Å². The van der Waals surface area contributed by atoms with Crippen molar-refractivity contribution in [3.05, 3.63) is 400 Å². The minimum Gasteiger partial charge on any atom is -0.457 e. The normalized spacial score (nSPS) is 11.1. The van der Waals surface area contributed by atoms with Crippen molar-refractivity contribution in [3.8, 4) is 85.0 Å². The van der Waals surface area contributed by atoms with Gasteiger partial charge < -0.3 is 28.1 Å². The van der Waals surface area contributed by atoms with E-state index in [1.807, 2.05) is 261 Å². The second-order valence-electron chi connectivity index (χ2n) is 27.2. The fraction of sp³-hybridized carbons (Fsp3) is 0.0408. The summed E-state index contributed by atoms with van der Waals surface area (Å²) in [6.07, 6.45) is 0. The summed E-state index contributed by atoms with van der Waals surface area (Å²) < 4.78 is 27.7. The maximum Gasteiger partial charge on any atom is 0.338 e. The Morgan fingerprint density at radius 3 is 1.01 bits per heavy atom. The van der Waals surface area contributed by atoms with Crippen molar-refractivity contribution >= 4 is 78.9 Å². The van der Waals surface area contributed by atoms with Crippen LogP contribution >= 0.6 is 0 Å². The molecule has 16 nitrogen and oxygen atoms in total. The number of carbonyl (C=O) groups is 4. The molecule has 114 heavy (non-hydrogen) atoms. The lowest BCUT2D eigenvalue weighted by atomic mass is 9.96. The van der Waals surface area contributed by atoms with E-state index in [4.69, 9.17) is 47.0 Å². The third-order valence-electron chi connectivity index (χ3n) is 20.0. The molecule has 0 radical (unpaired) electrons. The molecule has 0 aliphatic heterocycles. The fourth-order valence-electron chi connectivity index (χ4n) is 14.4. The quantitative estimate of drug-likeness (QED) is 0.0400. The lowest BCUT2D eigenvalue weighted by Gasteiger charge is -2.18. The van der Waals surface area contributed by atoms with E-state index < -0.39 is 23.9 Å². The number of hydrogen-bond donors (Lipinski definition) is 0. The van der Waals surface area contributed by atoms with Gasteiger partial charge in [-0.2, -0.15) is 5.26 Å². The third kappa shape index (κ3) is 14.6. The Morgan fingerprint density at radius 1 is 0.307 bits per heavy atom. The van der Waals surface area contributed by atoms with Crippen molar-refractivity contribution in [2.24, 2.45) is 0 Å². The molecule has 0 N–H and O–H groups in total. The van der Waals surface area contributed by atoms with Crippen LogP contribution in [-0.2, 0) is 45.4 Å². The molecule has 17 rings (SSSR count). The molecule has 0 spiro atoms. The van der Waals surface area contributed by atoms with Crippen molar-refractivity contribution in [2.45, 2.75) is 26.4 Å². The number of hydrogen-bond acceptors (Lipinski definition) is 12. The molecule has 0 aliphatic rings. The van der Waals surface area contributed by atoms with Crippen LogP contribution in [0.25, 0.3) is 132 Å². The largest absolute Gasteiger partial charge is 0.457 e. The zero-order valence-electron chi connectivity index (χ0n) is 60.8. The summed E-state index contributed by atoms with van der Waals surface area (Å²) in [6, 6.07) is 103. The van der Waals surface area contributed by atoms with Crippen LogP contribution in [0.15, 0.2) is 328 Å². The highest BCUT2D eigenvalue weighted by Crippen LogP contribution is 2.43. The first-order chi connectivity index (χ1) is 56.0. The van der Waals surface area contributed by atoms with E-state index in [1.54, 1.807) is 66.7 Å². The molecule has 0 saturated carbocycles. The van der Waals surface area contributed by atoms with Crippen LogP contribution in [0.2, 0.25) is 0 Å². The summed E-state index contributed by atoms with van der Waals surface area (Å²) in [4.78, 5) is 80.7. The molecule has 14 aromatic carbocycles. The maximum atomic E-state index is 14.1. The van der Waals surface area contributed by atoms with Gasteiger partial charge in [0, 0.05) is 49.6 Å². The number of ether oxygens (including phenoxy) is 4. The lowest BCUT2D eigenvalue weighted by Crippen LogP contribution is -2.05. The number of esters is 4. The SMILES string of the molecule is [C-]#[N+]c1cccc(-c2ccc(-c3nc(-c4cc(-n5c6ccc(C(=O)OCc7ccccc7)cc6c6cc(C(=O)OCc7ccccc7)ccc65)ccc4-c4cccc(C#N)c4)nc(-c4cc(-n5c6ccc(C(=O)OCc7ccccc7)cc6c6cc(C(=O)OCc7ccccc7)ccc65)ccc4-c4cccc([N+]#[C-])c4)n3)cc2)c1. The highest BCUT2D eigenvalue weighted by molar-refractivity contribution is 6.15. The number of rotatable bonds is 20. The van der Waals surface area contributed by atoms with Gasteiger partial charge in [0.25, 0.3) is 0 Å². The van der Waals surface area contributed by atoms with Crippen LogP contribution in [0.5, 0.6) is 0 Å². The van der Waals surface area contributed by atoms with Crippen LogP contribution in [-0.4, -0.2) is 48.0 Å². The molecular weight excluding hydrogens is 1420 g/mol. The van der Waals surface area contributed by atoms with E-state index in [9.17, 15) is 24.4 Å². The van der Waals surface area contributed by atoms with Gasteiger partial charge in [0.15, 0.2) is 28.8 Å². The first kappa shape index (κ1) is 71.0. The number of nitriles is 1. The number of nitrogens with zero attached hydrogens (tertiary/aromatic N) is 8. The standard InChI is InChI=1S/C98H62N8O8/c1-100-76-30-16-27-69(49-76)67-32-34-68(35-33-67)92-102-93(86-55-78(40-42-80(86)70-28-15-26-66(48-70)57-99)105-88-44-36-72(95(107)111-58-62-18-7-3-8-19-62)51-82(88)83-52-73(37-45-89(83)105)96(108)112-59-63-20-9-4-10-21-63)104-94(103-92)87-56-79(41-43-81(87)71-29-17-31-77(50-71)101-2)106-90-46-38-74(97(109)113-60-64-22-11-5-12-23-64)53-84(90)85-54-75(39-47-91(85)106)98(110)114-61-65-24-13-6-14-25-65/h3-56H,58-61H2. The van der Waals surface area contributed by atoms with Gasteiger partial charge in [-0.1, -0.05) is 206 Å². The van der Waals surface area contributed by atoms with Gasteiger partial charge >= 0.3 is 23.9 Å². The third-order valence-corrected chi connectivity index (χ3v) is 20.0. The molecule has 3 heterocycles. The number of aromatic nitrogens is 5. The zero-order valence-corrected chi connectivity index (χ0v) is 60.8. The smallest absolute Gasteiger partial charge is 0.338 e. The molecule has 542 valence electrons. The summed E-state index contributed by atoms with van der Waals surface area (Å²) in [5.41, 5.74) is 15.7. The van der Waals surface area contributed by atoms with Crippen LogP contribution in [0.1, 0.15) is 69.2 Å². The highest BCUT2D eigenvalue weighted by atomic mass is 16.5. The van der Waals surface area contributed by atoms with E-state index in [0.717, 1.165) is 33.4 Å². The fourth-order valence-corrected chi connectivity index (χ4v) is 14.4. The van der Waals surface area contributed by atoms with Crippen molar-refractivity contribution in [3.63, 3.8) is 0 Å². The predicted molar refractivity (Wildman–Crippen MR) is 441 cm³/mol. The second-order valence-corrected chi connectivity index (χ2v) is 27.2. The lowest BCUT2D eigenvalue weighted by molar-refractivity contribution is 0.0464. The summed E-state index contributed by atoms with van der Waals surface area (Å²) >= 11 is 0. The molecule has 0 fully saturated rings. The Hall–Kier alpha value is -16.0. The van der Waals surface area contributed by atoms with Gasteiger partial charge in [-0.15, -0.1) is 0 Å². The zero-order chi connectivity index (χ0) is 77.6. The molecule has 0 unspecified atom stereocenters. The van der Waals surface area contributed by atoms with E-state index >= 15 is 0 Å². The second kappa shape index (κ2) is 31.3. The number of benzene rings is 14. The molecule has 17 aromatic rings. The van der Waals surface area contributed by atoms with E-state index in [0.29, 0.717) is 111 Å². The molecule has 0 amide bonds. The van der Waals surface area contributed by atoms with Crippen molar-refractivity contribution < 1.29 is 38.1 Å². The van der Waals surface area contributed by atoms with Crippen molar-refractivity contribution in [1.29, 1.82) is 5.26 Å².